The van der Waals surface area contributed by atoms with Crippen molar-refractivity contribution in [2.45, 2.75) is 12.5 Å². The Labute approximate surface area is 155 Å². The zero-order chi connectivity index (χ0) is 18.1. The third kappa shape index (κ3) is 3.20. The number of rotatable bonds is 3. The molecule has 0 radical (unpaired) electrons. The molecule has 0 saturated carbocycles. The van der Waals surface area contributed by atoms with E-state index in [0.29, 0.717) is 17.1 Å². The lowest BCUT2D eigenvalue weighted by atomic mass is 9.98. The monoisotopic (exact) mass is 368 g/mol. The van der Waals surface area contributed by atoms with Crippen LogP contribution in [0.4, 0.5) is 14.5 Å². The summed E-state index contributed by atoms with van der Waals surface area (Å²) in [6, 6.07) is 20.0. The maximum absolute atomic E-state index is 14.4. The van der Waals surface area contributed by atoms with Crippen LogP contribution < -0.4 is 5.01 Å². The highest BCUT2D eigenvalue weighted by Crippen LogP contribution is 2.37. The molecule has 130 valence electrons. The van der Waals surface area contributed by atoms with Crippen LogP contribution in [0.2, 0.25) is 5.02 Å². The molecule has 26 heavy (non-hydrogen) atoms. The van der Waals surface area contributed by atoms with Gasteiger partial charge < -0.3 is 0 Å². The van der Waals surface area contributed by atoms with Crippen LogP contribution in [0.25, 0.3) is 0 Å². The number of anilines is 1. The van der Waals surface area contributed by atoms with Gasteiger partial charge in [-0.3, -0.25) is 5.01 Å². The minimum Gasteiger partial charge on any atom is -0.254 e. The highest BCUT2D eigenvalue weighted by atomic mass is 35.5. The summed E-state index contributed by atoms with van der Waals surface area (Å²) in [6.07, 6.45) is 0.585. The van der Waals surface area contributed by atoms with E-state index in [9.17, 15) is 8.78 Å². The zero-order valence-electron chi connectivity index (χ0n) is 13.7. The van der Waals surface area contributed by atoms with E-state index in [1.165, 1.54) is 18.2 Å². The van der Waals surface area contributed by atoms with Gasteiger partial charge in [0.15, 0.2) is 0 Å². The van der Waals surface area contributed by atoms with Crippen molar-refractivity contribution in [3.8, 4) is 0 Å². The maximum Gasteiger partial charge on any atom is 0.148 e. The van der Waals surface area contributed by atoms with Gasteiger partial charge in [-0.2, -0.15) is 5.10 Å². The van der Waals surface area contributed by atoms with Gasteiger partial charge >= 0.3 is 0 Å². The molecule has 0 N–H and O–H groups in total. The molecule has 0 aromatic heterocycles. The first-order chi connectivity index (χ1) is 12.6. The van der Waals surface area contributed by atoms with Gasteiger partial charge in [0.1, 0.15) is 11.6 Å². The largest absolute Gasteiger partial charge is 0.254 e. The van der Waals surface area contributed by atoms with Gasteiger partial charge in [0.2, 0.25) is 0 Å². The maximum atomic E-state index is 14.4. The summed E-state index contributed by atoms with van der Waals surface area (Å²) in [6.45, 7) is 0. The first-order valence-corrected chi connectivity index (χ1v) is 8.62. The van der Waals surface area contributed by atoms with Crippen molar-refractivity contribution >= 4 is 23.0 Å². The summed E-state index contributed by atoms with van der Waals surface area (Å²) in [5.41, 5.74) is 3.03. The second-order valence-electron chi connectivity index (χ2n) is 6.12. The summed E-state index contributed by atoms with van der Waals surface area (Å²) in [5.74, 6) is -0.649. The Morgan fingerprint density at radius 1 is 0.885 bits per heavy atom. The molecular formula is C21H15ClF2N2. The van der Waals surface area contributed by atoms with E-state index in [0.717, 1.165) is 16.8 Å². The number of para-hydroxylation sites is 1. The van der Waals surface area contributed by atoms with Crippen LogP contribution in [0.15, 0.2) is 77.9 Å². The zero-order valence-corrected chi connectivity index (χ0v) is 14.5. The van der Waals surface area contributed by atoms with Gasteiger partial charge in [0.25, 0.3) is 0 Å². The number of hydrogen-bond acceptors (Lipinski definition) is 2. The summed E-state index contributed by atoms with van der Waals surface area (Å²) >= 11 is 5.97. The van der Waals surface area contributed by atoms with Crippen molar-refractivity contribution in [1.82, 2.24) is 0 Å². The van der Waals surface area contributed by atoms with E-state index in [2.05, 4.69) is 5.10 Å². The van der Waals surface area contributed by atoms with Crippen molar-refractivity contribution in [1.29, 1.82) is 0 Å². The minimum absolute atomic E-state index is 0.210. The minimum atomic E-state index is -0.347. The number of hydrazone groups is 1. The van der Waals surface area contributed by atoms with Crippen LogP contribution in [0.3, 0.4) is 0 Å². The van der Waals surface area contributed by atoms with Crippen LogP contribution in [0.1, 0.15) is 23.6 Å². The molecule has 3 aromatic carbocycles. The first-order valence-electron chi connectivity index (χ1n) is 8.24. The van der Waals surface area contributed by atoms with E-state index in [1.807, 2.05) is 12.1 Å². The number of benzene rings is 3. The van der Waals surface area contributed by atoms with Crippen molar-refractivity contribution in [3.05, 3.63) is 101 Å². The Hall–Kier alpha value is -2.72. The molecule has 0 amide bonds. The molecule has 0 aliphatic carbocycles. The van der Waals surface area contributed by atoms with Gasteiger partial charge in [0, 0.05) is 11.4 Å². The average molecular weight is 369 g/mol. The third-order valence-corrected chi connectivity index (χ3v) is 4.69. The fraction of sp³-hybridized carbons (Fsp3) is 0.0952. The predicted molar refractivity (Wildman–Crippen MR) is 101 cm³/mol. The molecule has 0 saturated heterocycles. The molecule has 1 heterocycles. The smallest absolute Gasteiger partial charge is 0.148 e. The Bertz CT molecular complexity index is 953. The molecule has 5 heteroatoms. The molecule has 1 atom stereocenters. The molecule has 0 bridgehead atoms. The summed E-state index contributed by atoms with van der Waals surface area (Å²) in [4.78, 5) is 0. The van der Waals surface area contributed by atoms with Crippen molar-refractivity contribution in [2.24, 2.45) is 5.10 Å². The Morgan fingerprint density at radius 2 is 1.58 bits per heavy atom. The van der Waals surface area contributed by atoms with Crippen molar-refractivity contribution < 1.29 is 8.78 Å². The number of halogens is 3. The van der Waals surface area contributed by atoms with Gasteiger partial charge in [-0.15, -0.1) is 0 Å². The molecule has 0 fully saturated rings. The molecule has 4 rings (SSSR count). The topological polar surface area (TPSA) is 15.6 Å². The lowest BCUT2D eigenvalue weighted by Crippen LogP contribution is -2.19. The molecule has 2 nitrogen and oxygen atoms in total. The highest BCUT2D eigenvalue weighted by molar-refractivity contribution is 6.30. The summed E-state index contributed by atoms with van der Waals surface area (Å²) in [7, 11) is 0. The molecule has 0 spiro atoms. The second-order valence-corrected chi connectivity index (χ2v) is 6.56. The van der Waals surface area contributed by atoms with E-state index < -0.39 is 0 Å². The van der Waals surface area contributed by atoms with Crippen LogP contribution in [-0.4, -0.2) is 5.71 Å². The lowest BCUT2D eigenvalue weighted by Gasteiger charge is -2.24. The normalized spacial score (nSPS) is 16.7. The van der Waals surface area contributed by atoms with E-state index in [-0.39, 0.29) is 17.7 Å². The van der Waals surface area contributed by atoms with Crippen molar-refractivity contribution in [2.75, 3.05) is 5.01 Å². The SMILES string of the molecule is Fc1ccc(C2CC(c3ccc(Cl)cc3)=NN2c2ccccc2F)cc1. The first kappa shape index (κ1) is 16.7. The van der Waals surface area contributed by atoms with Crippen LogP contribution in [0, 0.1) is 11.6 Å². The van der Waals surface area contributed by atoms with Crippen LogP contribution >= 0.6 is 11.6 Å². The average Bonchev–Trinajstić information content (AvgIpc) is 3.08. The standard InChI is InChI=1S/C21H15ClF2N2/c22-16-9-5-14(6-10-16)19-13-21(15-7-11-17(23)12-8-15)26(25-19)20-4-2-1-3-18(20)24/h1-12,21H,13H2. The fourth-order valence-corrected chi connectivity index (χ4v) is 3.26. The summed E-state index contributed by atoms with van der Waals surface area (Å²) < 4.78 is 27.7. The lowest BCUT2D eigenvalue weighted by molar-refractivity contribution is 0.603. The molecule has 1 aliphatic heterocycles. The highest BCUT2D eigenvalue weighted by Gasteiger charge is 2.31. The predicted octanol–water partition coefficient (Wildman–Crippen LogP) is 5.97. The third-order valence-electron chi connectivity index (χ3n) is 4.44. The Kier molecular flexibility index (Phi) is 4.43. The summed E-state index contributed by atoms with van der Waals surface area (Å²) in [5, 5.41) is 6.99. The van der Waals surface area contributed by atoms with Crippen molar-refractivity contribution in [3.63, 3.8) is 0 Å². The van der Waals surface area contributed by atoms with Gasteiger partial charge in [-0.25, -0.2) is 8.78 Å². The van der Waals surface area contributed by atoms with Gasteiger partial charge in [-0.1, -0.05) is 48.0 Å². The van der Waals surface area contributed by atoms with E-state index >= 15 is 0 Å². The Balaban J connectivity index is 1.77. The van der Waals surface area contributed by atoms with E-state index in [1.54, 1.807) is 47.5 Å². The molecule has 3 aromatic rings. The Morgan fingerprint density at radius 3 is 2.27 bits per heavy atom. The fourth-order valence-electron chi connectivity index (χ4n) is 3.13. The molecule has 1 aliphatic rings. The molecule has 1 unspecified atom stereocenters. The number of nitrogens with zero attached hydrogens (tertiary/aromatic N) is 2. The van der Waals surface area contributed by atoms with Gasteiger partial charge in [0.05, 0.1) is 17.4 Å². The van der Waals surface area contributed by atoms with Crippen LogP contribution in [-0.2, 0) is 0 Å². The number of hydrogen-bond donors (Lipinski definition) is 0. The quantitative estimate of drug-likeness (QED) is 0.555. The van der Waals surface area contributed by atoms with E-state index in [4.69, 9.17) is 11.6 Å². The molecular weight excluding hydrogens is 354 g/mol. The van der Waals surface area contributed by atoms with Gasteiger partial charge in [-0.05, 0) is 47.5 Å². The second kappa shape index (κ2) is 6.89. The van der Waals surface area contributed by atoms with Crippen LogP contribution in [0.5, 0.6) is 0 Å².